The first-order chi connectivity index (χ1) is 9.79. The van der Waals surface area contributed by atoms with E-state index in [1.165, 1.54) is 12.7 Å². The Balaban J connectivity index is 1.99. The number of nitrogens with zero attached hydrogens (tertiary/aromatic N) is 2. The molecule has 0 bridgehead atoms. The maximum atomic E-state index is 11.7. The molecule has 0 N–H and O–H groups in total. The van der Waals surface area contributed by atoms with Crippen molar-refractivity contribution in [3.8, 4) is 0 Å². The molecule has 0 amide bonds. The third-order valence-corrected chi connectivity index (χ3v) is 3.50. The number of aromatic nitrogens is 2. The van der Waals surface area contributed by atoms with Crippen molar-refractivity contribution in [2.24, 2.45) is 0 Å². The van der Waals surface area contributed by atoms with Gasteiger partial charge >= 0.3 is 5.97 Å². The molecule has 1 aliphatic carbocycles. The Hall–Kier alpha value is -2.36. The van der Waals surface area contributed by atoms with E-state index in [1.807, 2.05) is 16.8 Å². The van der Waals surface area contributed by atoms with Crippen LogP contribution in [0.15, 0.2) is 48.2 Å². The SMILES string of the molecule is COC(=O)c1cccc2c1cnn2CC1=CCCC=C1. The van der Waals surface area contributed by atoms with Crippen molar-refractivity contribution in [3.63, 3.8) is 0 Å². The second-order valence-corrected chi connectivity index (χ2v) is 4.79. The third-order valence-electron chi connectivity index (χ3n) is 3.50. The first-order valence-corrected chi connectivity index (χ1v) is 6.68. The molecular weight excluding hydrogens is 252 g/mol. The second kappa shape index (κ2) is 5.33. The van der Waals surface area contributed by atoms with Gasteiger partial charge in [-0.3, -0.25) is 4.68 Å². The smallest absolute Gasteiger partial charge is 0.338 e. The predicted octanol–water partition coefficient (Wildman–Crippen LogP) is 3.10. The molecule has 0 saturated heterocycles. The summed E-state index contributed by atoms with van der Waals surface area (Å²) in [6.45, 7) is 0.727. The zero-order valence-corrected chi connectivity index (χ0v) is 11.4. The standard InChI is InChI=1S/C16H16N2O2/c1-20-16(19)13-8-5-9-15-14(13)10-17-18(15)11-12-6-3-2-4-7-12/h3,5-10H,2,4,11H2,1H3. The van der Waals surface area contributed by atoms with Crippen LogP contribution < -0.4 is 0 Å². The molecule has 3 rings (SSSR count). The van der Waals surface area contributed by atoms with E-state index in [0.717, 1.165) is 30.3 Å². The average Bonchev–Trinajstić information content (AvgIpc) is 2.91. The van der Waals surface area contributed by atoms with E-state index in [4.69, 9.17) is 4.74 Å². The quantitative estimate of drug-likeness (QED) is 0.803. The summed E-state index contributed by atoms with van der Waals surface area (Å²) in [5.74, 6) is -0.327. The highest BCUT2D eigenvalue weighted by molar-refractivity contribution is 6.03. The van der Waals surface area contributed by atoms with Crippen LogP contribution >= 0.6 is 0 Å². The van der Waals surface area contributed by atoms with Crippen LogP contribution in [0.5, 0.6) is 0 Å². The Bertz CT molecular complexity index is 710. The molecule has 2 aromatic rings. The molecule has 0 unspecified atom stereocenters. The molecule has 1 aliphatic rings. The number of methoxy groups -OCH3 is 1. The molecule has 0 spiro atoms. The molecule has 0 radical (unpaired) electrons. The molecule has 20 heavy (non-hydrogen) atoms. The van der Waals surface area contributed by atoms with Gasteiger partial charge in [-0.15, -0.1) is 0 Å². The number of esters is 1. The van der Waals surface area contributed by atoms with E-state index in [-0.39, 0.29) is 5.97 Å². The van der Waals surface area contributed by atoms with Crippen molar-refractivity contribution in [2.75, 3.05) is 7.11 Å². The molecular formula is C16H16N2O2. The molecule has 1 aromatic heterocycles. The fourth-order valence-corrected chi connectivity index (χ4v) is 2.48. The molecule has 1 aromatic carbocycles. The van der Waals surface area contributed by atoms with Gasteiger partial charge in [-0.25, -0.2) is 4.79 Å². The number of allylic oxidation sites excluding steroid dienone is 4. The monoisotopic (exact) mass is 268 g/mol. The van der Waals surface area contributed by atoms with Crippen LogP contribution in [-0.2, 0) is 11.3 Å². The summed E-state index contributed by atoms with van der Waals surface area (Å²) in [5.41, 5.74) is 2.77. The Kier molecular flexibility index (Phi) is 3.37. The van der Waals surface area contributed by atoms with Crippen LogP contribution in [-0.4, -0.2) is 22.9 Å². The molecule has 4 nitrogen and oxygen atoms in total. The van der Waals surface area contributed by atoms with Gasteiger partial charge in [0.15, 0.2) is 0 Å². The summed E-state index contributed by atoms with van der Waals surface area (Å²) in [6, 6.07) is 5.60. The lowest BCUT2D eigenvalue weighted by atomic mass is 10.1. The highest BCUT2D eigenvalue weighted by atomic mass is 16.5. The molecule has 0 fully saturated rings. The van der Waals surface area contributed by atoms with Crippen molar-refractivity contribution in [2.45, 2.75) is 19.4 Å². The Morgan fingerprint density at radius 3 is 3.05 bits per heavy atom. The van der Waals surface area contributed by atoms with Crippen molar-refractivity contribution in [3.05, 3.63) is 53.8 Å². The summed E-state index contributed by atoms with van der Waals surface area (Å²) >= 11 is 0. The number of carbonyl (C=O) groups excluding carboxylic acids is 1. The molecule has 0 aliphatic heterocycles. The number of fused-ring (bicyclic) bond motifs is 1. The number of rotatable bonds is 3. The summed E-state index contributed by atoms with van der Waals surface area (Å²) in [6.07, 6.45) is 10.5. The van der Waals surface area contributed by atoms with Gasteiger partial charge in [0.05, 0.1) is 30.9 Å². The predicted molar refractivity (Wildman–Crippen MR) is 77.5 cm³/mol. The lowest BCUT2D eigenvalue weighted by molar-refractivity contribution is 0.0603. The summed E-state index contributed by atoms with van der Waals surface area (Å²) in [7, 11) is 1.39. The summed E-state index contributed by atoms with van der Waals surface area (Å²) < 4.78 is 6.72. The average molecular weight is 268 g/mol. The van der Waals surface area contributed by atoms with E-state index in [0.29, 0.717) is 5.56 Å². The molecule has 4 heteroatoms. The van der Waals surface area contributed by atoms with Gasteiger partial charge in [-0.05, 0) is 30.5 Å². The van der Waals surface area contributed by atoms with Crippen molar-refractivity contribution in [1.82, 2.24) is 9.78 Å². The minimum atomic E-state index is -0.327. The highest BCUT2D eigenvalue weighted by Gasteiger charge is 2.13. The van der Waals surface area contributed by atoms with Crippen molar-refractivity contribution in [1.29, 1.82) is 0 Å². The van der Waals surface area contributed by atoms with Gasteiger partial charge in [0, 0.05) is 5.39 Å². The maximum Gasteiger partial charge on any atom is 0.338 e. The zero-order chi connectivity index (χ0) is 13.9. The first kappa shape index (κ1) is 12.7. The van der Waals surface area contributed by atoms with Crippen LogP contribution in [0.25, 0.3) is 10.9 Å². The van der Waals surface area contributed by atoms with Gasteiger partial charge in [-0.2, -0.15) is 5.10 Å². The molecule has 1 heterocycles. The molecule has 0 saturated carbocycles. The lowest BCUT2D eigenvalue weighted by Crippen LogP contribution is -2.04. The van der Waals surface area contributed by atoms with E-state index in [9.17, 15) is 4.79 Å². The van der Waals surface area contributed by atoms with Gasteiger partial charge < -0.3 is 4.74 Å². The van der Waals surface area contributed by atoms with E-state index < -0.39 is 0 Å². The third kappa shape index (κ3) is 2.25. The van der Waals surface area contributed by atoms with Crippen molar-refractivity contribution < 1.29 is 9.53 Å². The van der Waals surface area contributed by atoms with Gasteiger partial charge in [0.2, 0.25) is 0 Å². The van der Waals surface area contributed by atoms with Gasteiger partial charge in [-0.1, -0.05) is 24.3 Å². The van der Waals surface area contributed by atoms with Crippen LogP contribution in [0, 0.1) is 0 Å². The van der Waals surface area contributed by atoms with Crippen LogP contribution in [0.4, 0.5) is 0 Å². The lowest BCUT2D eigenvalue weighted by Gasteiger charge is -2.08. The van der Waals surface area contributed by atoms with E-state index >= 15 is 0 Å². The molecule has 102 valence electrons. The van der Waals surface area contributed by atoms with E-state index in [2.05, 4.69) is 23.3 Å². The van der Waals surface area contributed by atoms with Crippen LogP contribution in [0.2, 0.25) is 0 Å². The van der Waals surface area contributed by atoms with Crippen molar-refractivity contribution >= 4 is 16.9 Å². The topological polar surface area (TPSA) is 44.1 Å². The number of ether oxygens (including phenoxy) is 1. The Morgan fingerprint density at radius 2 is 2.30 bits per heavy atom. The normalized spacial score (nSPS) is 14.3. The van der Waals surface area contributed by atoms with Gasteiger partial charge in [0.1, 0.15) is 0 Å². The second-order valence-electron chi connectivity index (χ2n) is 4.79. The largest absolute Gasteiger partial charge is 0.465 e. The Labute approximate surface area is 117 Å². The summed E-state index contributed by atoms with van der Waals surface area (Å²) in [5, 5.41) is 5.23. The fourth-order valence-electron chi connectivity index (χ4n) is 2.48. The maximum absolute atomic E-state index is 11.7. The fraction of sp³-hybridized carbons (Fsp3) is 0.250. The molecule has 0 atom stereocenters. The Morgan fingerprint density at radius 1 is 1.40 bits per heavy atom. The minimum Gasteiger partial charge on any atom is -0.465 e. The highest BCUT2D eigenvalue weighted by Crippen LogP contribution is 2.21. The number of hydrogen-bond acceptors (Lipinski definition) is 3. The number of carbonyl (C=O) groups is 1. The first-order valence-electron chi connectivity index (χ1n) is 6.68. The zero-order valence-electron chi connectivity index (χ0n) is 11.4. The van der Waals surface area contributed by atoms with Gasteiger partial charge in [0.25, 0.3) is 0 Å². The summed E-state index contributed by atoms with van der Waals surface area (Å²) in [4.78, 5) is 11.7. The van der Waals surface area contributed by atoms with E-state index in [1.54, 1.807) is 12.3 Å². The minimum absolute atomic E-state index is 0.327. The van der Waals surface area contributed by atoms with Crippen LogP contribution in [0.3, 0.4) is 0 Å². The number of benzene rings is 1. The number of hydrogen-bond donors (Lipinski definition) is 0. The van der Waals surface area contributed by atoms with Crippen LogP contribution in [0.1, 0.15) is 23.2 Å².